The highest BCUT2D eigenvalue weighted by atomic mass is 79.9. The summed E-state index contributed by atoms with van der Waals surface area (Å²) in [6.07, 6.45) is 3.78. The molecule has 6 rings (SSSR count). The molecule has 2 aliphatic carbocycles. The van der Waals surface area contributed by atoms with E-state index in [-0.39, 0.29) is 54.1 Å². The normalized spacial score (nSPS) is 29.1. The number of imide groups is 2. The van der Waals surface area contributed by atoms with Crippen molar-refractivity contribution in [3.8, 4) is 5.75 Å². The minimum atomic E-state index is -1.37. The number of halogens is 3. The number of anilines is 1. The maximum absolute atomic E-state index is 14.4. The Morgan fingerprint density at radius 1 is 1.04 bits per heavy atom. The second-order valence-corrected chi connectivity index (χ2v) is 13.8. The van der Waals surface area contributed by atoms with Gasteiger partial charge in [0.05, 0.1) is 33.9 Å². The van der Waals surface area contributed by atoms with Crippen LogP contribution in [0.3, 0.4) is 0 Å². The molecule has 12 heteroatoms. The number of carbonyl (C=O) groups is 5. The van der Waals surface area contributed by atoms with E-state index < -0.39 is 58.6 Å². The average molecular weight is 702 g/mol. The van der Waals surface area contributed by atoms with Crippen LogP contribution in [-0.2, 0) is 24.0 Å². The van der Waals surface area contributed by atoms with E-state index in [9.17, 15) is 33.5 Å². The molecule has 45 heavy (non-hydrogen) atoms. The molecule has 2 N–H and O–H groups in total. The Morgan fingerprint density at radius 2 is 1.80 bits per heavy atom. The second kappa shape index (κ2) is 11.7. The fourth-order valence-corrected chi connectivity index (χ4v) is 8.55. The molecule has 0 bridgehead atoms. The standard InChI is InChI=1S/C33H31BrClFN2O7/c1-33-22(30(43)38(32(33)45)17-7-10-24(36)23(35)14-17)15-20-18(28(33)21-13-16(34)6-11-25(21)39)8-9-19-27(20)31(44)37(29(19)42)12-4-2-3-5-26(40)41/h6-8,10-11,13-14,19-20,22,27-28,39H,2-5,9,12,15H2,1H3,(H,40,41)/t19-,20+,22-,27-,28+,33+/m0/s1. The molecule has 0 radical (unpaired) electrons. The van der Waals surface area contributed by atoms with Gasteiger partial charge in [-0.1, -0.05) is 45.6 Å². The minimum absolute atomic E-state index is 0.0143. The van der Waals surface area contributed by atoms with Gasteiger partial charge in [-0.15, -0.1) is 0 Å². The van der Waals surface area contributed by atoms with Crippen LogP contribution in [-0.4, -0.2) is 51.3 Å². The Morgan fingerprint density at radius 3 is 2.51 bits per heavy atom. The molecule has 6 atom stereocenters. The maximum Gasteiger partial charge on any atom is 0.303 e. The van der Waals surface area contributed by atoms with Crippen molar-refractivity contribution in [3.63, 3.8) is 0 Å². The summed E-state index contributed by atoms with van der Waals surface area (Å²) < 4.78 is 14.7. The predicted molar refractivity (Wildman–Crippen MR) is 165 cm³/mol. The lowest BCUT2D eigenvalue weighted by Gasteiger charge is -2.49. The van der Waals surface area contributed by atoms with Gasteiger partial charge < -0.3 is 10.2 Å². The van der Waals surface area contributed by atoms with Crippen LogP contribution < -0.4 is 4.90 Å². The van der Waals surface area contributed by atoms with Gasteiger partial charge in [-0.05, 0) is 74.9 Å². The molecule has 236 valence electrons. The Balaban J connectivity index is 1.40. The van der Waals surface area contributed by atoms with Gasteiger partial charge in [-0.3, -0.25) is 28.9 Å². The lowest BCUT2D eigenvalue weighted by atomic mass is 9.51. The van der Waals surface area contributed by atoms with Gasteiger partial charge in [-0.25, -0.2) is 9.29 Å². The van der Waals surface area contributed by atoms with E-state index >= 15 is 0 Å². The summed E-state index contributed by atoms with van der Waals surface area (Å²) in [7, 11) is 0. The summed E-state index contributed by atoms with van der Waals surface area (Å²) in [5.41, 5.74) is -0.104. The van der Waals surface area contributed by atoms with Crippen molar-refractivity contribution < 1.29 is 38.6 Å². The Hall–Kier alpha value is -3.57. The molecule has 4 aliphatic rings. The molecule has 3 fully saturated rings. The van der Waals surface area contributed by atoms with Crippen LogP contribution >= 0.6 is 27.5 Å². The van der Waals surface area contributed by atoms with Gasteiger partial charge in [0, 0.05) is 28.9 Å². The number of nitrogens with zero attached hydrogens (tertiary/aromatic N) is 2. The van der Waals surface area contributed by atoms with E-state index in [1.165, 1.54) is 23.1 Å². The third kappa shape index (κ3) is 4.99. The number of amides is 4. The summed E-state index contributed by atoms with van der Waals surface area (Å²) >= 11 is 9.50. The molecular formula is C33H31BrClFN2O7. The number of carboxylic acids is 1. The fourth-order valence-electron chi connectivity index (χ4n) is 7.99. The molecule has 2 aliphatic heterocycles. The van der Waals surface area contributed by atoms with Crippen molar-refractivity contribution >= 4 is 62.8 Å². The van der Waals surface area contributed by atoms with E-state index in [0.717, 1.165) is 16.5 Å². The van der Waals surface area contributed by atoms with Crippen LogP contribution in [0, 0.1) is 34.9 Å². The van der Waals surface area contributed by atoms with Gasteiger partial charge >= 0.3 is 5.97 Å². The number of carboxylic acid groups (broad SMARTS) is 1. The molecule has 2 saturated heterocycles. The van der Waals surface area contributed by atoms with Gasteiger partial charge in [0.2, 0.25) is 23.6 Å². The summed E-state index contributed by atoms with van der Waals surface area (Å²) in [4.78, 5) is 69.2. The number of phenolic OH excluding ortho intramolecular Hbond substituents is 1. The van der Waals surface area contributed by atoms with Gasteiger partial charge in [0.25, 0.3) is 0 Å². The van der Waals surface area contributed by atoms with E-state index in [2.05, 4.69) is 15.9 Å². The molecular weight excluding hydrogens is 671 g/mol. The highest BCUT2D eigenvalue weighted by molar-refractivity contribution is 9.10. The lowest BCUT2D eigenvalue weighted by molar-refractivity contribution is -0.141. The third-order valence-electron chi connectivity index (χ3n) is 10.1. The Bertz CT molecular complexity index is 1680. The van der Waals surface area contributed by atoms with Crippen molar-refractivity contribution in [2.24, 2.45) is 29.1 Å². The molecule has 1 saturated carbocycles. The van der Waals surface area contributed by atoms with Crippen molar-refractivity contribution in [1.82, 2.24) is 4.90 Å². The quantitative estimate of drug-likeness (QED) is 0.201. The van der Waals surface area contributed by atoms with Gasteiger partial charge in [-0.2, -0.15) is 0 Å². The zero-order chi connectivity index (χ0) is 32.4. The zero-order valence-corrected chi connectivity index (χ0v) is 26.7. The average Bonchev–Trinajstić information content (AvgIpc) is 3.35. The largest absolute Gasteiger partial charge is 0.508 e. The van der Waals surface area contributed by atoms with E-state index in [4.69, 9.17) is 16.7 Å². The monoisotopic (exact) mass is 700 g/mol. The van der Waals surface area contributed by atoms with Crippen LogP contribution in [0.1, 0.15) is 56.9 Å². The van der Waals surface area contributed by atoms with Gasteiger partial charge in [0.1, 0.15) is 11.6 Å². The summed E-state index contributed by atoms with van der Waals surface area (Å²) in [5, 5.41) is 19.8. The van der Waals surface area contributed by atoms with Crippen LogP contribution in [0.4, 0.5) is 10.1 Å². The van der Waals surface area contributed by atoms with Crippen molar-refractivity contribution in [2.45, 2.75) is 51.4 Å². The number of benzene rings is 2. The number of likely N-dealkylation sites (tertiary alicyclic amines) is 1. The summed E-state index contributed by atoms with van der Waals surface area (Å²) in [6, 6.07) is 8.51. The van der Waals surface area contributed by atoms with Crippen LogP contribution in [0.2, 0.25) is 5.02 Å². The number of hydrogen-bond acceptors (Lipinski definition) is 6. The molecule has 2 heterocycles. The minimum Gasteiger partial charge on any atom is -0.508 e. The number of aromatic hydroxyl groups is 1. The number of phenols is 1. The highest BCUT2D eigenvalue weighted by Gasteiger charge is 2.67. The highest BCUT2D eigenvalue weighted by Crippen LogP contribution is 2.64. The Kier molecular flexibility index (Phi) is 8.14. The number of unbranched alkanes of at least 4 members (excludes halogenated alkanes) is 2. The number of hydrogen-bond donors (Lipinski definition) is 2. The SMILES string of the molecule is C[C@@]12C(=O)N(c3ccc(F)c(Cl)c3)C(=O)[C@@H]1C[C@@H]1C(=CC[C@@H]3C(=O)N(CCCCCC(=O)O)C(=O)[C@@H]31)[C@@H]2c1cc(Br)ccc1O. The predicted octanol–water partition coefficient (Wildman–Crippen LogP) is 5.82. The molecule has 0 spiro atoms. The Labute approximate surface area is 272 Å². The molecule has 0 aromatic heterocycles. The maximum atomic E-state index is 14.4. The topological polar surface area (TPSA) is 132 Å². The number of fused-ring (bicyclic) bond motifs is 4. The van der Waals surface area contributed by atoms with Crippen LogP contribution in [0.25, 0.3) is 0 Å². The summed E-state index contributed by atoms with van der Waals surface area (Å²) in [6.45, 7) is 1.88. The van der Waals surface area contributed by atoms with E-state index in [1.807, 2.05) is 6.08 Å². The van der Waals surface area contributed by atoms with Crippen molar-refractivity contribution in [3.05, 3.63) is 68.9 Å². The first-order valence-corrected chi connectivity index (χ1v) is 16.1. The first-order chi connectivity index (χ1) is 21.4. The lowest BCUT2D eigenvalue weighted by Crippen LogP contribution is -2.48. The van der Waals surface area contributed by atoms with Crippen LogP contribution in [0.5, 0.6) is 5.75 Å². The molecule has 0 unspecified atom stereocenters. The van der Waals surface area contributed by atoms with Crippen molar-refractivity contribution in [2.75, 3.05) is 11.4 Å². The molecule has 2 aromatic carbocycles. The zero-order valence-electron chi connectivity index (χ0n) is 24.3. The first kappa shape index (κ1) is 31.4. The second-order valence-electron chi connectivity index (χ2n) is 12.5. The number of allylic oxidation sites excluding steroid dienone is 2. The van der Waals surface area contributed by atoms with E-state index in [1.54, 1.807) is 19.1 Å². The van der Waals surface area contributed by atoms with Crippen LogP contribution in [0.15, 0.2) is 52.5 Å². The number of rotatable bonds is 8. The smallest absolute Gasteiger partial charge is 0.303 e. The number of carbonyl (C=O) groups excluding carboxylic acids is 4. The molecule has 4 amide bonds. The third-order valence-corrected chi connectivity index (χ3v) is 10.9. The number of aliphatic carboxylic acids is 1. The van der Waals surface area contributed by atoms with Gasteiger partial charge in [0.15, 0.2) is 0 Å². The summed E-state index contributed by atoms with van der Waals surface area (Å²) in [5.74, 6) is -6.96. The first-order valence-electron chi connectivity index (χ1n) is 14.9. The van der Waals surface area contributed by atoms with Crippen molar-refractivity contribution in [1.29, 1.82) is 0 Å². The van der Waals surface area contributed by atoms with E-state index in [0.29, 0.717) is 29.3 Å². The molecule has 2 aromatic rings. The molecule has 9 nitrogen and oxygen atoms in total. The fraction of sp³-hybridized carbons (Fsp3) is 0.424.